The van der Waals surface area contributed by atoms with Crippen LogP contribution in [0, 0.1) is 12.7 Å². The molecule has 168 valence electrons. The standard InChI is InChI=1S/C23H26FN5O3/c1-14-13-27-22-21(14)20(5-6-26-22)32-19-4-3-16(11-17(19)24)12-18(25)23(31)29-9-7-28(8-10-29)15(2)30/h3-6,11,13,18H,7-10,12,25H2,1-2H3,(H,26,27). The Balaban J connectivity index is 1.41. The Morgan fingerprint density at radius 2 is 1.91 bits per heavy atom. The maximum atomic E-state index is 14.8. The number of benzene rings is 1. The second kappa shape index (κ2) is 8.96. The van der Waals surface area contributed by atoms with E-state index in [4.69, 9.17) is 10.5 Å². The van der Waals surface area contributed by atoms with Gasteiger partial charge in [-0.05, 0) is 42.7 Å². The molecule has 0 spiro atoms. The van der Waals surface area contributed by atoms with Crippen molar-refractivity contribution < 1.29 is 18.7 Å². The molecule has 2 aromatic heterocycles. The van der Waals surface area contributed by atoms with Crippen molar-refractivity contribution in [3.8, 4) is 11.5 Å². The Morgan fingerprint density at radius 1 is 1.19 bits per heavy atom. The quantitative estimate of drug-likeness (QED) is 0.635. The maximum Gasteiger partial charge on any atom is 0.239 e. The summed E-state index contributed by atoms with van der Waals surface area (Å²) in [5, 5.41) is 0.800. The second-order valence-electron chi connectivity index (χ2n) is 8.01. The minimum Gasteiger partial charge on any atom is -0.453 e. The zero-order valence-electron chi connectivity index (χ0n) is 18.1. The highest BCUT2D eigenvalue weighted by atomic mass is 19.1. The molecule has 3 N–H and O–H groups in total. The van der Waals surface area contributed by atoms with Gasteiger partial charge in [0.05, 0.1) is 11.4 Å². The van der Waals surface area contributed by atoms with E-state index in [1.165, 1.54) is 13.0 Å². The van der Waals surface area contributed by atoms with E-state index in [1.807, 2.05) is 13.1 Å². The van der Waals surface area contributed by atoms with Crippen molar-refractivity contribution in [3.05, 3.63) is 53.6 Å². The summed E-state index contributed by atoms with van der Waals surface area (Å²) >= 11 is 0. The van der Waals surface area contributed by atoms with Gasteiger partial charge in [-0.2, -0.15) is 0 Å². The molecule has 0 bridgehead atoms. The van der Waals surface area contributed by atoms with Crippen molar-refractivity contribution in [1.82, 2.24) is 19.8 Å². The van der Waals surface area contributed by atoms with Crippen LogP contribution in [0.5, 0.6) is 11.5 Å². The Hall–Kier alpha value is -3.46. The number of ether oxygens (including phenoxy) is 1. The van der Waals surface area contributed by atoms with Crippen molar-refractivity contribution in [2.45, 2.75) is 26.3 Å². The number of carbonyl (C=O) groups excluding carboxylic acids is 2. The fraction of sp³-hybridized carbons (Fsp3) is 0.348. The van der Waals surface area contributed by atoms with E-state index in [9.17, 15) is 14.0 Å². The fourth-order valence-electron chi connectivity index (χ4n) is 3.96. The van der Waals surface area contributed by atoms with Gasteiger partial charge >= 0.3 is 0 Å². The summed E-state index contributed by atoms with van der Waals surface area (Å²) in [6, 6.07) is 5.51. The molecule has 4 rings (SSSR count). The minimum atomic E-state index is -0.785. The average molecular weight is 439 g/mol. The van der Waals surface area contributed by atoms with Gasteiger partial charge in [-0.15, -0.1) is 0 Å². The molecule has 1 aromatic carbocycles. The van der Waals surface area contributed by atoms with Gasteiger partial charge in [0.15, 0.2) is 11.6 Å². The van der Waals surface area contributed by atoms with Gasteiger partial charge in [-0.25, -0.2) is 9.37 Å². The van der Waals surface area contributed by atoms with Crippen molar-refractivity contribution in [2.75, 3.05) is 26.2 Å². The number of rotatable bonds is 5. The highest BCUT2D eigenvalue weighted by Crippen LogP contribution is 2.32. The number of nitrogens with zero attached hydrogens (tertiary/aromatic N) is 3. The number of aromatic amines is 1. The van der Waals surface area contributed by atoms with Crippen LogP contribution in [0.2, 0.25) is 0 Å². The molecule has 0 aliphatic carbocycles. The summed E-state index contributed by atoms with van der Waals surface area (Å²) in [5.74, 6) is -0.135. The summed E-state index contributed by atoms with van der Waals surface area (Å²) in [4.78, 5) is 34.8. The van der Waals surface area contributed by atoms with Gasteiger partial charge in [0.1, 0.15) is 11.4 Å². The molecule has 3 aromatic rings. The van der Waals surface area contributed by atoms with E-state index >= 15 is 0 Å². The SMILES string of the molecule is CC(=O)N1CCN(C(=O)C(N)Cc2ccc(Oc3ccnc4[nH]cc(C)c34)c(F)c2)CC1. The van der Waals surface area contributed by atoms with Gasteiger partial charge < -0.3 is 25.3 Å². The van der Waals surface area contributed by atoms with Crippen molar-refractivity contribution in [2.24, 2.45) is 5.73 Å². The molecule has 1 aliphatic heterocycles. The number of amides is 2. The fourth-order valence-corrected chi connectivity index (χ4v) is 3.96. The number of nitrogens with one attached hydrogen (secondary N) is 1. The molecule has 1 atom stereocenters. The molecule has 1 aliphatic rings. The summed E-state index contributed by atoms with van der Waals surface area (Å²) in [5.41, 5.74) is 8.35. The third kappa shape index (κ3) is 4.43. The average Bonchev–Trinajstić information content (AvgIpc) is 3.17. The van der Waals surface area contributed by atoms with E-state index in [2.05, 4.69) is 9.97 Å². The number of hydrogen-bond acceptors (Lipinski definition) is 5. The predicted molar refractivity (Wildman–Crippen MR) is 118 cm³/mol. The third-order valence-corrected chi connectivity index (χ3v) is 5.76. The molecule has 0 radical (unpaired) electrons. The molecule has 32 heavy (non-hydrogen) atoms. The summed E-state index contributed by atoms with van der Waals surface area (Å²) in [6.07, 6.45) is 3.63. The lowest BCUT2D eigenvalue weighted by molar-refractivity contribution is -0.139. The predicted octanol–water partition coefficient (Wildman–Crippen LogP) is 2.36. The molecule has 1 fully saturated rings. The van der Waals surface area contributed by atoms with Gasteiger partial charge in [0.2, 0.25) is 11.8 Å². The number of hydrogen-bond donors (Lipinski definition) is 2. The van der Waals surface area contributed by atoms with E-state index in [0.717, 1.165) is 10.9 Å². The molecule has 0 saturated carbocycles. The van der Waals surface area contributed by atoms with Crippen LogP contribution in [0.15, 0.2) is 36.7 Å². The minimum absolute atomic E-state index is 0.00153. The molecular weight excluding hydrogens is 413 g/mol. The first kappa shape index (κ1) is 21.8. The highest BCUT2D eigenvalue weighted by molar-refractivity contribution is 5.86. The van der Waals surface area contributed by atoms with Crippen LogP contribution in [0.3, 0.4) is 0 Å². The number of fused-ring (bicyclic) bond motifs is 1. The number of piperazine rings is 1. The van der Waals surface area contributed by atoms with Gasteiger partial charge in [0.25, 0.3) is 0 Å². The van der Waals surface area contributed by atoms with Crippen molar-refractivity contribution in [1.29, 1.82) is 0 Å². The van der Waals surface area contributed by atoms with Crippen molar-refractivity contribution in [3.63, 3.8) is 0 Å². The van der Waals surface area contributed by atoms with E-state index in [-0.39, 0.29) is 24.0 Å². The Bertz CT molecular complexity index is 1150. The Kier molecular flexibility index (Phi) is 6.09. The van der Waals surface area contributed by atoms with Crippen LogP contribution in [0.1, 0.15) is 18.1 Å². The zero-order valence-corrected chi connectivity index (χ0v) is 18.1. The largest absolute Gasteiger partial charge is 0.453 e. The summed E-state index contributed by atoms with van der Waals surface area (Å²) in [6.45, 7) is 5.33. The maximum absolute atomic E-state index is 14.8. The number of aromatic nitrogens is 2. The van der Waals surface area contributed by atoms with Crippen LogP contribution < -0.4 is 10.5 Å². The molecule has 1 saturated heterocycles. The Labute approximate surface area is 185 Å². The van der Waals surface area contributed by atoms with E-state index < -0.39 is 11.9 Å². The topological polar surface area (TPSA) is 105 Å². The second-order valence-corrected chi connectivity index (χ2v) is 8.01. The smallest absolute Gasteiger partial charge is 0.239 e. The van der Waals surface area contributed by atoms with Crippen LogP contribution in [-0.4, -0.2) is 63.8 Å². The van der Waals surface area contributed by atoms with Gasteiger partial charge in [-0.3, -0.25) is 9.59 Å². The number of halogens is 1. The number of aryl methyl sites for hydroxylation is 1. The molecule has 1 unspecified atom stereocenters. The zero-order chi connectivity index (χ0) is 22.8. The number of carbonyl (C=O) groups is 2. The summed E-state index contributed by atoms with van der Waals surface area (Å²) in [7, 11) is 0. The molecule has 8 nitrogen and oxygen atoms in total. The lowest BCUT2D eigenvalue weighted by atomic mass is 10.0. The molecular formula is C23H26FN5O3. The van der Waals surface area contributed by atoms with E-state index in [0.29, 0.717) is 43.1 Å². The van der Waals surface area contributed by atoms with Crippen LogP contribution in [0.25, 0.3) is 11.0 Å². The molecule has 3 heterocycles. The number of pyridine rings is 1. The van der Waals surface area contributed by atoms with Gasteiger partial charge in [0, 0.05) is 45.5 Å². The molecule has 9 heteroatoms. The lowest BCUT2D eigenvalue weighted by Gasteiger charge is -2.35. The molecule has 2 amide bonds. The van der Waals surface area contributed by atoms with E-state index in [1.54, 1.807) is 34.2 Å². The lowest BCUT2D eigenvalue weighted by Crippen LogP contribution is -2.54. The normalized spacial score (nSPS) is 15.1. The third-order valence-electron chi connectivity index (χ3n) is 5.76. The van der Waals surface area contributed by atoms with Crippen LogP contribution in [-0.2, 0) is 16.0 Å². The highest BCUT2D eigenvalue weighted by Gasteiger charge is 2.26. The monoisotopic (exact) mass is 439 g/mol. The van der Waals surface area contributed by atoms with Crippen LogP contribution in [0.4, 0.5) is 4.39 Å². The van der Waals surface area contributed by atoms with Crippen molar-refractivity contribution >= 4 is 22.8 Å². The Morgan fingerprint density at radius 3 is 2.59 bits per heavy atom. The summed E-state index contributed by atoms with van der Waals surface area (Å²) < 4.78 is 20.6. The first-order valence-corrected chi connectivity index (χ1v) is 10.5. The first-order chi connectivity index (χ1) is 15.3. The number of nitrogens with two attached hydrogens (primary N) is 1. The first-order valence-electron chi connectivity index (χ1n) is 10.5. The number of H-pyrrole nitrogens is 1. The van der Waals surface area contributed by atoms with Gasteiger partial charge in [-0.1, -0.05) is 6.07 Å². The van der Waals surface area contributed by atoms with Crippen LogP contribution >= 0.6 is 0 Å².